The Bertz CT molecular complexity index is 1030. The van der Waals surface area contributed by atoms with Crippen LogP contribution in [0.25, 0.3) is 0 Å². The van der Waals surface area contributed by atoms with Crippen molar-refractivity contribution >= 4 is 35.2 Å². The van der Waals surface area contributed by atoms with E-state index in [4.69, 9.17) is 0 Å². The van der Waals surface area contributed by atoms with Gasteiger partial charge in [0.05, 0.1) is 17.2 Å². The molecule has 4 aliphatic heterocycles. The van der Waals surface area contributed by atoms with Crippen molar-refractivity contribution in [2.75, 3.05) is 25.0 Å². The molecule has 4 heterocycles. The predicted molar refractivity (Wildman–Crippen MR) is 117 cm³/mol. The highest BCUT2D eigenvalue weighted by Crippen LogP contribution is 2.30. The van der Waals surface area contributed by atoms with Gasteiger partial charge in [-0.1, -0.05) is 0 Å². The molecule has 1 aromatic carbocycles. The maximum Gasteiger partial charge on any atom is 0.262 e. The van der Waals surface area contributed by atoms with Crippen molar-refractivity contribution in [1.82, 2.24) is 20.4 Å². The van der Waals surface area contributed by atoms with E-state index in [1.54, 1.807) is 18.2 Å². The summed E-state index contributed by atoms with van der Waals surface area (Å²) in [5.41, 5.74) is 1.25. The highest BCUT2D eigenvalue weighted by molar-refractivity contribution is 6.23. The molecule has 0 radical (unpaired) electrons. The molecule has 10 heteroatoms. The van der Waals surface area contributed by atoms with Crippen molar-refractivity contribution < 1.29 is 24.0 Å². The van der Waals surface area contributed by atoms with Gasteiger partial charge in [-0.2, -0.15) is 0 Å². The number of piperidine rings is 2. The normalized spacial score (nSPS) is 25.9. The lowest BCUT2D eigenvalue weighted by molar-refractivity contribution is -0.136. The van der Waals surface area contributed by atoms with Gasteiger partial charge in [-0.15, -0.1) is 0 Å². The number of imide groups is 2. The fourth-order valence-electron chi connectivity index (χ4n) is 5.16. The van der Waals surface area contributed by atoms with Gasteiger partial charge in [0.2, 0.25) is 17.7 Å². The number of fused-ring (bicyclic) bond motifs is 1. The second-order valence-electron chi connectivity index (χ2n) is 9.10. The van der Waals surface area contributed by atoms with Crippen LogP contribution in [0.4, 0.5) is 5.69 Å². The molecule has 1 unspecified atom stereocenters. The first-order valence-corrected chi connectivity index (χ1v) is 11.6. The minimum absolute atomic E-state index is 0.0536. The molecule has 5 rings (SSSR count). The smallest absolute Gasteiger partial charge is 0.262 e. The second kappa shape index (κ2) is 8.58. The number of hydrogen-bond donors (Lipinski definition) is 3. The first-order chi connectivity index (χ1) is 15.9. The fraction of sp³-hybridized carbons (Fsp3) is 0.522. The first-order valence-electron chi connectivity index (χ1n) is 11.6. The molecule has 174 valence electrons. The third-order valence-electron chi connectivity index (χ3n) is 6.98. The molecule has 3 fully saturated rings. The number of likely N-dealkylation sites (tertiary alicyclic amines) is 1. The number of nitrogens with zero attached hydrogens (tertiary/aromatic N) is 2. The summed E-state index contributed by atoms with van der Waals surface area (Å²) in [7, 11) is 0. The van der Waals surface area contributed by atoms with Gasteiger partial charge >= 0.3 is 0 Å². The van der Waals surface area contributed by atoms with Crippen LogP contribution in [0.15, 0.2) is 18.2 Å². The van der Waals surface area contributed by atoms with Crippen LogP contribution in [-0.2, 0) is 14.4 Å². The Kier molecular flexibility index (Phi) is 5.61. The number of hydrogen-bond acceptors (Lipinski definition) is 7. The van der Waals surface area contributed by atoms with Crippen LogP contribution in [-0.4, -0.2) is 77.1 Å². The number of nitrogens with one attached hydrogen (secondary N) is 3. The summed E-state index contributed by atoms with van der Waals surface area (Å²) >= 11 is 0. The molecule has 0 bridgehead atoms. The number of carbonyl (C=O) groups excluding carboxylic acids is 5. The molecular formula is C23H27N5O5. The van der Waals surface area contributed by atoms with E-state index in [0.717, 1.165) is 42.8 Å². The molecule has 0 saturated carbocycles. The maximum absolute atomic E-state index is 13.0. The van der Waals surface area contributed by atoms with E-state index in [-0.39, 0.29) is 42.0 Å². The van der Waals surface area contributed by atoms with Gasteiger partial charge in [0.1, 0.15) is 6.04 Å². The van der Waals surface area contributed by atoms with Gasteiger partial charge in [-0.25, -0.2) is 0 Å². The van der Waals surface area contributed by atoms with Crippen LogP contribution in [0.3, 0.4) is 0 Å². The Morgan fingerprint density at radius 1 is 0.970 bits per heavy atom. The Labute approximate surface area is 191 Å². The van der Waals surface area contributed by atoms with E-state index in [2.05, 4.69) is 16.0 Å². The molecule has 2 atom stereocenters. The quantitative estimate of drug-likeness (QED) is 0.557. The number of anilines is 1. The maximum atomic E-state index is 13.0. The van der Waals surface area contributed by atoms with Crippen LogP contribution in [0.5, 0.6) is 0 Å². The zero-order chi connectivity index (χ0) is 23.1. The predicted octanol–water partition coefficient (Wildman–Crippen LogP) is 0.243. The second-order valence-corrected chi connectivity index (χ2v) is 9.10. The van der Waals surface area contributed by atoms with Crippen LogP contribution < -0.4 is 16.0 Å². The molecule has 33 heavy (non-hydrogen) atoms. The molecule has 10 nitrogen and oxygen atoms in total. The van der Waals surface area contributed by atoms with Gasteiger partial charge in [0, 0.05) is 31.2 Å². The summed E-state index contributed by atoms with van der Waals surface area (Å²) in [6.45, 7) is 2.26. The molecule has 0 aliphatic carbocycles. The summed E-state index contributed by atoms with van der Waals surface area (Å²) in [6.07, 6.45) is 3.75. The summed E-state index contributed by atoms with van der Waals surface area (Å²) < 4.78 is 0. The molecule has 1 aromatic rings. The summed E-state index contributed by atoms with van der Waals surface area (Å²) in [4.78, 5) is 64.9. The standard InChI is InChI=1S/C23H27N5O5/c29-19-6-5-18(20(30)26-19)28-21(31)15-4-3-14(12-16(15)22(28)32)25-13-7-10-27(11-8-13)23(33)17-2-1-9-24-17/h3-4,12-13,17-18,24-25H,1-2,5-11H2,(H,26,29,30)/t17-,18?/m0/s1. The third-order valence-corrected chi connectivity index (χ3v) is 6.98. The van der Waals surface area contributed by atoms with Gasteiger partial charge in [-0.05, 0) is 56.8 Å². The van der Waals surface area contributed by atoms with E-state index < -0.39 is 29.7 Å². The average molecular weight is 453 g/mol. The SMILES string of the molecule is O=C1CCC(N2C(=O)c3ccc(NC4CCN(C(=O)[C@@H]5CCCN5)CC4)cc3C2=O)C(=O)N1. The number of carbonyl (C=O) groups is 5. The van der Waals surface area contributed by atoms with E-state index in [1.807, 2.05) is 4.90 Å². The molecule has 4 aliphatic rings. The van der Waals surface area contributed by atoms with E-state index >= 15 is 0 Å². The highest BCUT2D eigenvalue weighted by Gasteiger charge is 2.44. The highest BCUT2D eigenvalue weighted by atomic mass is 16.2. The molecule has 0 spiro atoms. The first kappa shape index (κ1) is 21.6. The zero-order valence-corrected chi connectivity index (χ0v) is 18.3. The van der Waals surface area contributed by atoms with Crippen LogP contribution in [0.1, 0.15) is 59.2 Å². The van der Waals surface area contributed by atoms with Gasteiger partial charge in [0.15, 0.2) is 0 Å². The van der Waals surface area contributed by atoms with Gasteiger partial charge in [-0.3, -0.25) is 34.2 Å². The van der Waals surface area contributed by atoms with E-state index in [1.165, 1.54) is 0 Å². The minimum atomic E-state index is -0.970. The number of amides is 5. The number of rotatable bonds is 4. The number of benzene rings is 1. The van der Waals surface area contributed by atoms with Crippen LogP contribution in [0, 0.1) is 0 Å². The summed E-state index contributed by atoms with van der Waals surface area (Å²) in [5.74, 6) is -1.86. The van der Waals surface area contributed by atoms with Crippen molar-refractivity contribution in [3.8, 4) is 0 Å². The molecule has 5 amide bonds. The molecule has 0 aromatic heterocycles. The van der Waals surface area contributed by atoms with Gasteiger partial charge in [0.25, 0.3) is 11.8 Å². The topological polar surface area (TPSA) is 128 Å². The average Bonchev–Trinajstić information content (AvgIpc) is 3.42. The van der Waals surface area contributed by atoms with E-state index in [9.17, 15) is 24.0 Å². The summed E-state index contributed by atoms with van der Waals surface area (Å²) in [6, 6.07) is 4.15. The van der Waals surface area contributed by atoms with Crippen molar-refractivity contribution in [1.29, 1.82) is 0 Å². The fourth-order valence-corrected chi connectivity index (χ4v) is 5.16. The summed E-state index contributed by atoms with van der Waals surface area (Å²) in [5, 5.41) is 8.88. The van der Waals surface area contributed by atoms with E-state index in [0.29, 0.717) is 13.1 Å². The van der Waals surface area contributed by atoms with Crippen molar-refractivity contribution in [2.24, 2.45) is 0 Å². The van der Waals surface area contributed by atoms with Gasteiger partial charge < -0.3 is 15.5 Å². The van der Waals surface area contributed by atoms with Crippen molar-refractivity contribution in [3.63, 3.8) is 0 Å². The Balaban J connectivity index is 1.22. The largest absolute Gasteiger partial charge is 0.382 e. The lowest BCUT2D eigenvalue weighted by Gasteiger charge is -2.34. The lowest BCUT2D eigenvalue weighted by atomic mass is 10.0. The van der Waals surface area contributed by atoms with Crippen LogP contribution in [0.2, 0.25) is 0 Å². The Hall–Kier alpha value is -3.27. The molecule has 3 N–H and O–H groups in total. The third kappa shape index (κ3) is 3.99. The van der Waals surface area contributed by atoms with Crippen molar-refractivity contribution in [3.05, 3.63) is 29.3 Å². The Morgan fingerprint density at radius 2 is 1.73 bits per heavy atom. The Morgan fingerprint density at radius 3 is 2.42 bits per heavy atom. The monoisotopic (exact) mass is 453 g/mol. The minimum Gasteiger partial charge on any atom is -0.382 e. The molecule has 3 saturated heterocycles. The zero-order valence-electron chi connectivity index (χ0n) is 18.3. The van der Waals surface area contributed by atoms with Crippen LogP contribution >= 0.6 is 0 Å². The molecular weight excluding hydrogens is 426 g/mol. The van der Waals surface area contributed by atoms with Crippen molar-refractivity contribution in [2.45, 2.75) is 56.7 Å². The lowest BCUT2D eigenvalue weighted by Crippen LogP contribution is -2.54.